The summed E-state index contributed by atoms with van der Waals surface area (Å²) in [5.74, 6) is -3.39. The molecule has 0 spiro atoms. The van der Waals surface area contributed by atoms with E-state index in [9.17, 15) is 13.6 Å². The van der Waals surface area contributed by atoms with Gasteiger partial charge in [-0.2, -0.15) is 0 Å². The lowest BCUT2D eigenvalue weighted by Gasteiger charge is -2.23. The van der Waals surface area contributed by atoms with Crippen molar-refractivity contribution in [3.05, 3.63) is 45.3 Å². The van der Waals surface area contributed by atoms with E-state index in [1.165, 1.54) is 0 Å². The maximum atomic E-state index is 13.8. The van der Waals surface area contributed by atoms with E-state index in [-0.39, 0.29) is 6.42 Å². The lowest BCUT2D eigenvalue weighted by molar-refractivity contribution is -0.00100. The van der Waals surface area contributed by atoms with E-state index in [1.54, 1.807) is 24.3 Å². The van der Waals surface area contributed by atoms with E-state index in [0.29, 0.717) is 15.5 Å². The van der Waals surface area contributed by atoms with Crippen LogP contribution in [0.4, 0.5) is 13.6 Å². The van der Waals surface area contributed by atoms with E-state index >= 15 is 0 Å². The van der Waals surface area contributed by atoms with Crippen molar-refractivity contribution in [1.29, 1.82) is 0 Å². The van der Waals surface area contributed by atoms with Crippen LogP contribution in [0, 0.1) is 0 Å². The largest absolute Gasteiger partial charge is 0.465 e. The van der Waals surface area contributed by atoms with Gasteiger partial charge in [0.15, 0.2) is 0 Å². The fourth-order valence-electron chi connectivity index (χ4n) is 2.44. The summed E-state index contributed by atoms with van der Waals surface area (Å²) >= 11 is 5.82. The van der Waals surface area contributed by atoms with Gasteiger partial charge >= 0.3 is 6.09 Å². The standard InChI is InChI=1S/C12H11ClF2N4O2/c13-8-3-1-2-7(4-8)5-9-10(17-18-16)12(14,15)6-19(9)11(20)21/h1-4,9-10H,5-6H2,(H,20,21)/t9-,10?/m1/s1. The van der Waals surface area contributed by atoms with Gasteiger partial charge in [0, 0.05) is 9.93 Å². The fourth-order valence-corrected chi connectivity index (χ4v) is 2.66. The zero-order valence-corrected chi connectivity index (χ0v) is 11.4. The third-order valence-electron chi connectivity index (χ3n) is 3.33. The van der Waals surface area contributed by atoms with Crippen LogP contribution in [0.2, 0.25) is 5.02 Å². The number of azide groups is 1. The van der Waals surface area contributed by atoms with Crippen LogP contribution >= 0.6 is 11.6 Å². The molecule has 1 aliphatic heterocycles. The molecule has 1 fully saturated rings. The number of benzene rings is 1. The first-order valence-corrected chi connectivity index (χ1v) is 6.39. The van der Waals surface area contributed by atoms with E-state index in [2.05, 4.69) is 10.0 Å². The number of hydrogen-bond donors (Lipinski definition) is 1. The lowest BCUT2D eigenvalue weighted by atomic mass is 9.99. The van der Waals surface area contributed by atoms with Gasteiger partial charge in [0.2, 0.25) is 0 Å². The molecule has 1 aromatic rings. The van der Waals surface area contributed by atoms with Gasteiger partial charge in [-0.25, -0.2) is 13.6 Å². The van der Waals surface area contributed by atoms with Crippen LogP contribution in [0.5, 0.6) is 0 Å². The predicted octanol–water partition coefficient (Wildman–Crippen LogP) is 3.56. The smallest absolute Gasteiger partial charge is 0.407 e. The second-order valence-electron chi connectivity index (χ2n) is 4.72. The van der Waals surface area contributed by atoms with Gasteiger partial charge in [0.1, 0.15) is 6.04 Å². The summed E-state index contributed by atoms with van der Waals surface area (Å²) in [6.07, 6.45) is -1.48. The number of halogens is 3. The zero-order valence-electron chi connectivity index (χ0n) is 10.7. The SMILES string of the molecule is [N-]=[N+]=NC1[C@@H](Cc2cccc(Cl)c2)N(C(=O)O)CC1(F)F. The van der Waals surface area contributed by atoms with Gasteiger partial charge in [-0.05, 0) is 29.6 Å². The Hall–Kier alpha value is -2.05. The molecule has 0 saturated carbocycles. The second kappa shape index (κ2) is 5.75. The number of nitrogens with zero attached hydrogens (tertiary/aromatic N) is 4. The molecular formula is C12H11ClF2N4O2. The maximum absolute atomic E-state index is 13.8. The molecule has 0 bridgehead atoms. The van der Waals surface area contributed by atoms with Crippen LogP contribution in [-0.2, 0) is 6.42 Å². The lowest BCUT2D eigenvalue weighted by Crippen LogP contribution is -2.40. The number of carbonyl (C=O) groups is 1. The van der Waals surface area contributed by atoms with E-state index in [4.69, 9.17) is 22.2 Å². The molecule has 0 radical (unpaired) electrons. The van der Waals surface area contributed by atoms with Crippen LogP contribution in [0.1, 0.15) is 5.56 Å². The Morgan fingerprint density at radius 1 is 1.62 bits per heavy atom. The highest BCUT2D eigenvalue weighted by Crippen LogP contribution is 2.36. The van der Waals surface area contributed by atoms with Crippen molar-refractivity contribution in [2.75, 3.05) is 6.54 Å². The highest BCUT2D eigenvalue weighted by atomic mass is 35.5. The molecule has 1 unspecified atom stereocenters. The highest BCUT2D eigenvalue weighted by molar-refractivity contribution is 6.30. The van der Waals surface area contributed by atoms with Crippen molar-refractivity contribution < 1.29 is 18.7 Å². The Balaban J connectivity index is 2.35. The maximum Gasteiger partial charge on any atom is 0.407 e. The van der Waals surface area contributed by atoms with Gasteiger partial charge < -0.3 is 5.11 Å². The molecule has 1 saturated heterocycles. The normalized spacial score (nSPS) is 23.7. The Morgan fingerprint density at radius 3 is 2.90 bits per heavy atom. The van der Waals surface area contributed by atoms with Crippen molar-refractivity contribution in [1.82, 2.24) is 4.90 Å². The molecule has 1 heterocycles. The number of likely N-dealkylation sites (tertiary alicyclic amines) is 1. The quantitative estimate of drug-likeness (QED) is 0.525. The van der Waals surface area contributed by atoms with Crippen molar-refractivity contribution in [2.24, 2.45) is 5.11 Å². The Morgan fingerprint density at radius 2 is 2.33 bits per heavy atom. The number of amides is 1. The minimum Gasteiger partial charge on any atom is -0.465 e. The van der Waals surface area contributed by atoms with Gasteiger partial charge in [-0.15, -0.1) is 0 Å². The van der Waals surface area contributed by atoms with Crippen LogP contribution in [0.3, 0.4) is 0 Å². The molecule has 6 nitrogen and oxygen atoms in total. The van der Waals surface area contributed by atoms with Gasteiger partial charge in [0.05, 0.1) is 12.6 Å². The van der Waals surface area contributed by atoms with Crippen molar-refractivity contribution in [2.45, 2.75) is 24.4 Å². The van der Waals surface area contributed by atoms with Crippen LogP contribution in [-0.4, -0.2) is 40.7 Å². The summed E-state index contributed by atoms with van der Waals surface area (Å²) in [5, 5.41) is 12.6. The first-order valence-electron chi connectivity index (χ1n) is 6.01. The second-order valence-corrected chi connectivity index (χ2v) is 5.16. The molecule has 0 aliphatic carbocycles. The summed E-state index contributed by atoms with van der Waals surface area (Å²) in [7, 11) is 0. The summed E-state index contributed by atoms with van der Waals surface area (Å²) in [5.41, 5.74) is 9.04. The number of alkyl halides is 2. The van der Waals surface area contributed by atoms with E-state index in [1.807, 2.05) is 0 Å². The summed E-state index contributed by atoms with van der Waals surface area (Å²) in [6.45, 7) is -0.989. The third-order valence-corrected chi connectivity index (χ3v) is 3.57. The van der Waals surface area contributed by atoms with Crippen LogP contribution in [0.15, 0.2) is 29.4 Å². The predicted molar refractivity (Wildman–Crippen MR) is 71.6 cm³/mol. The van der Waals surface area contributed by atoms with Crippen LogP contribution in [0.25, 0.3) is 10.4 Å². The molecule has 1 amide bonds. The molecule has 9 heteroatoms. The molecule has 1 aliphatic rings. The van der Waals surface area contributed by atoms with Crippen molar-refractivity contribution in [3.8, 4) is 0 Å². The van der Waals surface area contributed by atoms with Gasteiger partial charge in [-0.1, -0.05) is 28.8 Å². The van der Waals surface area contributed by atoms with Gasteiger partial charge in [-0.3, -0.25) is 4.90 Å². The molecule has 2 rings (SSSR count). The molecule has 21 heavy (non-hydrogen) atoms. The molecular weight excluding hydrogens is 306 g/mol. The first kappa shape index (κ1) is 15.3. The average Bonchev–Trinajstić information content (AvgIpc) is 2.63. The van der Waals surface area contributed by atoms with E-state index < -0.39 is 30.6 Å². The average molecular weight is 317 g/mol. The number of hydrogen-bond acceptors (Lipinski definition) is 2. The Bertz CT molecular complexity index is 607. The minimum atomic E-state index is -3.39. The monoisotopic (exact) mass is 316 g/mol. The molecule has 112 valence electrons. The Labute approximate surface area is 123 Å². The van der Waals surface area contributed by atoms with Crippen molar-refractivity contribution in [3.63, 3.8) is 0 Å². The summed E-state index contributed by atoms with van der Waals surface area (Å²) < 4.78 is 27.7. The van der Waals surface area contributed by atoms with Crippen LogP contribution < -0.4 is 0 Å². The van der Waals surface area contributed by atoms with E-state index in [0.717, 1.165) is 0 Å². The van der Waals surface area contributed by atoms with Gasteiger partial charge in [0.25, 0.3) is 5.92 Å². The fraction of sp³-hybridized carbons (Fsp3) is 0.417. The molecule has 1 aromatic carbocycles. The summed E-state index contributed by atoms with van der Waals surface area (Å²) in [4.78, 5) is 14.2. The molecule has 2 atom stereocenters. The third kappa shape index (κ3) is 3.17. The molecule has 1 N–H and O–H groups in total. The highest BCUT2D eigenvalue weighted by Gasteiger charge is 2.55. The zero-order chi connectivity index (χ0) is 15.6. The number of rotatable bonds is 3. The van der Waals surface area contributed by atoms with Crippen molar-refractivity contribution >= 4 is 17.7 Å². The molecule has 0 aromatic heterocycles. The first-order chi connectivity index (χ1) is 9.85. The number of carboxylic acid groups (broad SMARTS) is 1. The topological polar surface area (TPSA) is 89.3 Å². The minimum absolute atomic E-state index is 0.00780. The Kier molecular flexibility index (Phi) is 4.20. The summed E-state index contributed by atoms with van der Waals surface area (Å²) in [6, 6.07) is 3.59.